The fourth-order valence-corrected chi connectivity index (χ4v) is 2.19. The first-order chi connectivity index (χ1) is 8.77. The van der Waals surface area contributed by atoms with Gasteiger partial charge in [0.05, 0.1) is 0 Å². The van der Waals surface area contributed by atoms with E-state index in [-0.39, 0.29) is 18.4 Å². The van der Waals surface area contributed by atoms with Gasteiger partial charge in [-0.05, 0) is 24.6 Å². The standard InChI is InChI=1S/C15H14N2O.ClH/c1-10(16)11-6-2-3-7-12(11)15-13-8-4-5-9-14(13)18-17-15;/h2-10H,16H2,1H3;1H. The van der Waals surface area contributed by atoms with Crippen LogP contribution in [0.15, 0.2) is 53.1 Å². The lowest BCUT2D eigenvalue weighted by molar-refractivity contribution is 0.459. The van der Waals surface area contributed by atoms with Gasteiger partial charge in [0.15, 0.2) is 5.58 Å². The van der Waals surface area contributed by atoms with Gasteiger partial charge in [0.1, 0.15) is 5.69 Å². The number of halogens is 1. The predicted molar refractivity (Wildman–Crippen MR) is 79.3 cm³/mol. The largest absolute Gasteiger partial charge is 0.356 e. The molecule has 0 aliphatic heterocycles. The molecule has 3 aromatic rings. The number of para-hydroxylation sites is 1. The summed E-state index contributed by atoms with van der Waals surface area (Å²) < 4.78 is 5.35. The zero-order valence-corrected chi connectivity index (χ0v) is 11.4. The van der Waals surface area contributed by atoms with Crippen LogP contribution in [0.1, 0.15) is 18.5 Å². The van der Waals surface area contributed by atoms with E-state index >= 15 is 0 Å². The van der Waals surface area contributed by atoms with E-state index in [0.717, 1.165) is 27.8 Å². The van der Waals surface area contributed by atoms with Gasteiger partial charge in [-0.15, -0.1) is 12.4 Å². The average molecular weight is 275 g/mol. The highest BCUT2D eigenvalue weighted by molar-refractivity contribution is 5.92. The fourth-order valence-electron chi connectivity index (χ4n) is 2.19. The van der Waals surface area contributed by atoms with Crippen molar-refractivity contribution in [2.75, 3.05) is 0 Å². The van der Waals surface area contributed by atoms with Crippen LogP contribution in [0.25, 0.3) is 22.2 Å². The van der Waals surface area contributed by atoms with Crippen LogP contribution in [0.5, 0.6) is 0 Å². The molecule has 1 atom stereocenters. The molecule has 1 unspecified atom stereocenters. The normalized spacial score (nSPS) is 12.1. The summed E-state index contributed by atoms with van der Waals surface area (Å²) in [5.41, 5.74) is 9.78. The first-order valence-electron chi connectivity index (χ1n) is 5.96. The lowest BCUT2D eigenvalue weighted by Gasteiger charge is -2.10. The molecule has 0 saturated carbocycles. The van der Waals surface area contributed by atoms with Gasteiger partial charge in [0, 0.05) is 17.0 Å². The number of fused-ring (bicyclic) bond motifs is 1. The van der Waals surface area contributed by atoms with Gasteiger partial charge in [0.25, 0.3) is 0 Å². The maximum absolute atomic E-state index is 6.01. The lowest BCUT2D eigenvalue weighted by atomic mass is 9.98. The van der Waals surface area contributed by atoms with Crippen molar-refractivity contribution >= 4 is 23.4 Å². The molecular formula is C15H15ClN2O. The first kappa shape index (κ1) is 13.6. The quantitative estimate of drug-likeness (QED) is 0.770. The van der Waals surface area contributed by atoms with Crippen LogP contribution in [-0.2, 0) is 0 Å². The third-order valence-electron chi connectivity index (χ3n) is 3.08. The van der Waals surface area contributed by atoms with Crippen LogP contribution in [0.3, 0.4) is 0 Å². The van der Waals surface area contributed by atoms with Crippen molar-refractivity contribution in [3.05, 3.63) is 54.1 Å². The monoisotopic (exact) mass is 274 g/mol. The van der Waals surface area contributed by atoms with Crippen molar-refractivity contribution in [2.45, 2.75) is 13.0 Å². The second kappa shape index (κ2) is 5.43. The summed E-state index contributed by atoms with van der Waals surface area (Å²) in [7, 11) is 0. The number of benzene rings is 2. The Morgan fingerprint density at radius 2 is 1.74 bits per heavy atom. The van der Waals surface area contributed by atoms with Gasteiger partial charge in [-0.1, -0.05) is 41.6 Å². The van der Waals surface area contributed by atoms with E-state index in [1.54, 1.807) is 0 Å². The molecule has 0 fully saturated rings. The van der Waals surface area contributed by atoms with E-state index in [1.165, 1.54) is 0 Å². The number of hydrogen-bond donors (Lipinski definition) is 1. The smallest absolute Gasteiger partial charge is 0.167 e. The summed E-state index contributed by atoms with van der Waals surface area (Å²) in [6.07, 6.45) is 0. The summed E-state index contributed by atoms with van der Waals surface area (Å²) in [4.78, 5) is 0. The van der Waals surface area contributed by atoms with Gasteiger partial charge < -0.3 is 10.3 Å². The number of rotatable bonds is 2. The van der Waals surface area contributed by atoms with Crippen LogP contribution >= 0.6 is 12.4 Å². The van der Waals surface area contributed by atoms with Crippen LogP contribution in [-0.4, -0.2) is 5.16 Å². The van der Waals surface area contributed by atoms with Crippen molar-refractivity contribution < 1.29 is 4.52 Å². The lowest BCUT2D eigenvalue weighted by Crippen LogP contribution is -2.06. The van der Waals surface area contributed by atoms with E-state index in [1.807, 2.05) is 55.5 Å². The van der Waals surface area contributed by atoms with Gasteiger partial charge >= 0.3 is 0 Å². The second-order valence-corrected chi connectivity index (χ2v) is 4.40. The Balaban J connectivity index is 0.00000133. The summed E-state index contributed by atoms with van der Waals surface area (Å²) in [6.45, 7) is 1.97. The second-order valence-electron chi connectivity index (χ2n) is 4.40. The third kappa shape index (κ3) is 2.35. The predicted octanol–water partition coefficient (Wildman–Crippen LogP) is 3.94. The molecule has 3 nitrogen and oxygen atoms in total. The summed E-state index contributed by atoms with van der Waals surface area (Å²) in [5.74, 6) is 0. The van der Waals surface area contributed by atoms with Crippen molar-refractivity contribution in [3.63, 3.8) is 0 Å². The van der Waals surface area contributed by atoms with E-state index in [0.29, 0.717) is 0 Å². The van der Waals surface area contributed by atoms with Crippen molar-refractivity contribution in [3.8, 4) is 11.3 Å². The van der Waals surface area contributed by atoms with Crippen molar-refractivity contribution in [1.82, 2.24) is 5.16 Å². The molecule has 19 heavy (non-hydrogen) atoms. The zero-order valence-electron chi connectivity index (χ0n) is 10.5. The molecule has 0 aliphatic carbocycles. The maximum atomic E-state index is 6.01. The number of nitrogens with two attached hydrogens (primary N) is 1. The molecular weight excluding hydrogens is 260 g/mol. The molecule has 0 bridgehead atoms. The SMILES string of the molecule is CC(N)c1ccccc1-c1noc2ccccc12.Cl. The highest BCUT2D eigenvalue weighted by atomic mass is 35.5. The topological polar surface area (TPSA) is 52.0 Å². The van der Waals surface area contributed by atoms with Gasteiger partial charge in [-0.25, -0.2) is 0 Å². The van der Waals surface area contributed by atoms with Gasteiger partial charge in [-0.3, -0.25) is 0 Å². The number of aromatic nitrogens is 1. The van der Waals surface area contributed by atoms with E-state index in [2.05, 4.69) is 5.16 Å². The van der Waals surface area contributed by atoms with Crippen LogP contribution < -0.4 is 5.73 Å². The molecule has 2 aromatic carbocycles. The Morgan fingerprint density at radius 3 is 2.53 bits per heavy atom. The van der Waals surface area contributed by atoms with E-state index < -0.39 is 0 Å². The number of nitrogens with zero attached hydrogens (tertiary/aromatic N) is 1. The van der Waals surface area contributed by atoms with Crippen molar-refractivity contribution in [2.24, 2.45) is 5.73 Å². The summed E-state index contributed by atoms with van der Waals surface area (Å²) in [5, 5.41) is 5.20. The summed E-state index contributed by atoms with van der Waals surface area (Å²) in [6, 6.07) is 15.9. The minimum atomic E-state index is -0.0309. The molecule has 98 valence electrons. The Morgan fingerprint density at radius 1 is 1.05 bits per heavy atom. The van der Waals surface area contributed by atoms with Gasteiger partial charge in [-0.2, -0.15) is 0 Å². The van der Waals surface area contributed by atoms with Crippen molar-refractivity contribution in [1.29, 1.82) is 0 Å². The fraction of sp³-hybridized carbons (Fsp3) is 0.133. The van der Waals surface area contributed by atoms with Crippen LogP contribution in [0.2, 0.25) is 0 Å². The molecule has 1 heterocycles. The zero-order chi connectivity index (χ0) is 12.5. The average Bonchev–Trinajstić information content (AvgIpc) is 2.82. The molecule has 0 aliphatic rings. The minimum Gasteiger partial charge on any atom is -0.356 e. The third-order valence-corrected chi connectivity index (χ3v) is 3.08. The molecule has 0 radical (unpaired) electrons. The summed E-state index contributed by atoms with van der Waals surface area (Å²) >= 11 is 0. The maximum Gasteiger partial charge on any atom is 0.167 e. The van der Waals surface area contributed by atoms with E-state index in [4.69, 9.17) is 10.3 Å². The molecule has 0 amide bonds. The molecule has 4 heteroatoms. The Hall–Kier alpha value is -1.84. The Bertz CT molecular complexity index is 691. The first-order valence-corrected chi connectivity index (χ1v) is 5.96. The Labute approximate surface area is 117 Å². The van der Waals surface area contributed by atoms with E-state index in [9.17, 15) is 0 Å². The van der Waals surface area contributed by atoms with Gasteiger partial charge in [0.2, 0.25) is 0 Å². The Kier molecular flexibility index (Phi) is 3.88. The molecule has 0 saturated heterocycles. The molecule has 1 aromatic heterocycles. The highest BCUT2D eigenvalue weighted by Gasteiger charge is 2.14. The highest BCUT2D eigenvalue weighted by Crippen LogP contribution is 2.31. The minimum absolute atomic E-state index is 0. The van der Waals surface area contributed by atoms with Crippen LogP contribution in [0.4, 0.5) is 0 Å². The molecule has 2 N–H and O–H groups in total. The molecule has 0 spiro atoms. The van der Waals surface area contributed by atoms with Crippen LogP contribution in [0, 0.1) is 0 Å². The molecule has 3 rings (SSSR count). The number of hydrogen-bond acceptors (Lipinski definition) is 3.